The number of unbranched alkanes of at least 4 members (excludes halogenated alkanes) is 1. The summed E-state index contributed by atoms with van der Waals surface area (Å²) in [6, 6.07) is 12.7. The summed E-state index contributed by atoms with van der Waals surface area (Å²) < 4.78 is 10.7. The van der Waals surface area contributed by atoms with Crippen LogP contribution in [0.25, 0.3) is 0 Å². The van der Waals surface area contributed by atoms with Crippen molar-refractivity contribution in [3.05, 3.63) is 47.5 Å². The Hall–Kier alpha value is -2.40. The van der Waals surface area contributed by atoms with E-state index in [1.165, 1.54) is 0 Å². The van der Waals surface area contributed by atoms with Crippen molar-refractivity contribution in [2.75, 3.05) is 30.9 Å². The van der Waals surface area contributed by atoms with Crippen LogP contribution in [0.5, 0.6) is 11.5 Å². The Bertz CT molecular complexity index is 707. The summed E-state index contributed by atoms with van der Waals surface area (Å²) in [6.45, 7) is 2.92. The Labute approximate surface area is 153 Å². The van der Waals surface area contributed by atoms with Crippen molar-refractivity contribution in [2.24, 2.45) is 0 Å². The molecule has 0 unspecified atom stereocenters. The first-order chi connectivity index (χ1) is 12.1. The minimum absolute atomic E-state index is 0.129. The van der Waals surface area contributed by atoms with Crippen LogP contribution in [-0.2, 0) is 4.79 Å². The molecule has 0 aliphatic heterocycles. The van der Waals surface area contributed by atoms with Gasteiger partial charge in [0.1, 0.15) is 11.5 Å². The first-order valence-corrected chi connectivity index (χ1v) is 8.60. The van der Waals surface area contributed by atoms with Gasteiger partial charge in [-0.3, -0.25) is 4.79 Å². The van der Waals surface area contributed by atoms with E-state index in [9.17, 15) is 4.79 Å². The lowest BCUT2D eigenvalue weighted by atomic mass is 10.3. The molecule has 134 valence electrons. The second-order valence-corrected chi connectivity index (χ2v) is 5.89. The predicted octanol–water partition coefficient (Wildman–Crippen LogP) is 4.58. The van der Waals surface area contributed by atoms with E-state index in [4.69, 9.17) is 21.1 Å². The van der Waals surface area contributed by atoms with E-state index in [2.05, 4.69) is 17.6 Å². The van der Waals surface area contributed by atoms with Gasteiger partial charge >= 0.3 is 0 Å². The number of benzene rings is 2. The van der Waals surface area contributed by atoms with Gasteiger partial charge in [-0.05, 0) is 36.8 Å². The number of hydrogen-bond donors (Lipinski definition) is 2. The molecule has 0 heterocycles. The van der Waals surface area contributed by atoms with Crippen LogP contribution in [0.15, 0.2) is 42.5 Å². The van der Waals surface area contributed by atoms with E-state index in [1.54, 1.807) is 25.3 Å². The quantitative estimate of drug-likeness (QED) is 0.641. The van der Waals surface area contributed by atoms with Crippen LogP contribution < -0.4 is 20.1 Å². The zero-order valence-electron chi connectivity index (χ0n) is 14.5. The number of carbonyl (C=O) groups excluding carboxylic acids is 1. The molecular formula is C19H23ClN2O3. The van der Waals surface area contributed by atoms with Crippen LogP contribution in [0.3, 0.4) is 0 Å². The summed E-state index contributed by atoms with van der Waals surface area (Å²) in [4.78, 5) is 12.1. The van der Waals surface area contributed by atoms with E-state index in [0.29, 0.717) is 23.1 Å². The minimum atomic E-state index is -0.155. The maximum Gasteiger partial charge on any atom is 0.243 e. The van der Waals surface area contributed by atoms with Crippen molar-refractivity contribution in [1.82, 2.24) is 0 Å². The molecule has 0 aliphatic carbocycles. The van der Waals surface area contributed by atoms with Gasteiger partial charge in [0.25, 0.3) is 0 Å². The molecule has 0 spiro atoms. The average molecular weight is 363 g/mol. The summed E-state index contributed by atoms with van der Waals surface area (Å²) in [5, 5.41) is 6.36. The number of methoxy groups -OCH3 is 1. The molecule has 0 atom stereocenters. The highest BCUT2D eigenvalue weighted by molar-refractivity contribution is 6.32. The Morgan fingerprint density at radius 2 is 2.00 bits per heavy atom. The molecule has 0 saturated carbocycles. The topological polar surface area (TPSA) is 59.6 Å². The van der Waals surface area contributed by atoms with Gasteiger partial charge < -0.3 is 20.1 Å². The molecule has 0 saturated heterocycles. The Morgan fingerprint density at radius 1 is 1.16 bits per heavy atom. The molecule has 0 aromatic heterocycles. The highest BCUT2D eigenvalue weighted by Gasteiger charge is 2.06. The SMILES string of the molecule is CCCCOc1cccc(NC(=O)CNc2ccc(OC)c(Cl)c2)c1. The number of hydrogen-bond acceptors (Lipinski definition) is 4. The third kappa shape index (κ3) is 6.19. The van der Waals surface area contributed by atoms with Crippen molar-refractivity contribution < 1.29 is 14.3 Å². The number of anilines is 2. The van der Waals surface area contributed by atoms with Crippen molar-refractivity contribution in [3.63, 3.8) is 0 Å². The molecule has 0 bridgehead atoms. The lowest BCUT2D eigenvalue weighted by molar-refractivity contribution is -0.114. The van der Waals surface area contributed by atoms with E-state index >= 15 is 0 Å². The van der Waals surface area contributed by atoms with Crippen LogP contribution >= 0.6 is 11.6 Å². The van der Waals surface area contributed by atoms with Gasteiger partial charge in [-0.1, -0.05) is 31.0 Å². The number of carbonyl (C=O) groups is 1. The maximum absolute atomic E-state index is 12.1. The first-order valence-electron chi connectivity index (χ1n) is 8.22. The standard InChI is InChI=1S/C19H23ClN2O3/c1-3-4-10-25-16-7-5-6-15(11-16)22-19(23)13-21-14-8-9-18(24-2)17(20)12-14/h5-9,11-12,21H,3-4,10,13H2,1-2H3,(H,22,23). The molecule has 5 nitrogen and oxygen atoms in total. The lowest BCUT2D eigenvalue weighted by Crippen LogP contribution is -2.21. The number of nitrogens with one attached hydrogen (secondary N) is 2. The Balaban J connectivity index is 1.85. The molecule has 25 heavy (non-hydrogen) atoms. The number of ether oxygens (including phenoxy) is 2. The van der Waals surface area contributed by atoms with E-state index in [-0.39, 0.29) is 12.5 Å². The van der Waals surface area contributed by atoms with Gasteiger partial charge in [0, 0.05) is 17.4 Å². The summed E-state index contributed by atoms with van der Waals surface area (Å²) in [7, 11) is 1.56. The first kappa shape index (κ1) is 18.9. The van der Waals surface area contributed by atoms with Crippen molar-refractivity contribution >= 4 is 28.9 Å². The van der Waals surface area contributed by atoms with Gasteiger partial charge in [0.2, 0.25) is 5.91 Å². The van der Waals surface area contributed by atoms with Gasteiger partial charge in [0.05, 0.1) is 25.3 Å². The third-order valence-corrected chi connectivity index (χ3v) is 3.78. The zero-order chi connectivity index (χ0) is 18.1. The van der Waals surface area contributed by atoms with Crippen LogP contribution in [-0.4, -0.2) is 26.2 Å². The highest BCUT2D eigenvalue weighted by atomic mass is 35.5. The lowest BCUT2D eigenvalue weighted by Gasteiger charge is -2.11. The van der Waals surface area contributed by atoms with Crippen molar-refractivity contribution in [2.45, 2.75) is 19.8 Å². The number of halogens is 1. The zero-order valence-corrected chi connectivity index (χ0v) is 15.2. The number of rotatable bonds is 9. The normalized spacial score (nSPS) is 10.2. The predicted molar refractivity (Wildman–Crippen MR) is 102 cm³/mol. The van der Waals surface area contributed by atoms with Crippen LogP contribution in [0.4, 0.5) is 11.4 Å². The van der Waals surface area contributed by atoms with E-state index in [1.807, 2.05) is 24.3 Å². The van der Waals surface area contributed by atoms with Gasteiger partial charge in [0.15, 0.2) is 0 Å². The smallest absolute Gasteiger partial charge is 0.243 e. The highest BCUT2D eigenvalue weighted by Crippen LogP contribution is 2.27. The average Bonchev–Trinajstić information content (AvgIpc) is 2.61. The van der Waals surface area contributed by atoms with Crippen LogP contribution in [0.1, 0.15) is 19.8 Å². The molecule has 0 radical (unpaired) electrons. The van der Waals surface area contributed by atoms with Crippen molar-refractivity contribution in [1.29, 1.82) is 0 Å². The minimum Gasteiger partial charge on any atom is -0.495 e. The Kier molecular flexibility index (Phi) is 7.41. The third-order valence-electron chi connectivity index (χ3n) is 3.49. The summed E-state index contributed by atoms with van der Waals surface area (Å²) in [5.41, 5.74) is 1.45. The summed E-state index contributed by atoms with van der Waals surface area (Å²) >= 11 is 6.06. The second-order valence-electron chi connectivity index (χ2n) is 5.48. The molecule has 2 aromatic carbocycles. The van der Waals surface area contributed by atoms with E-state index < -0.39 is 0 Å². The molecule has 0 aliphatic rings. The van der Waals surface area contributed by atoms with E-state index in [0.717, 1.165) is 24.3 Å². The molecule has 2 N–H and O–H groups in total. The van der Waals surface area contributed by atoms with Gasteiger partial charge in [-0.15, -0.1) is 0 Å². The van der Waals surface area contributed by atoms with Gasteiger partial charge in [-0.25, -0.2) is 0 Å². The maximum atomic E-state index is 12.1. The van der Waals surface area contributed by atoms with Crippen molar-refractivity contribution in [3.8, 4) is 11.5 Å². The summed E-state index contributed by atoms with van der Waals surface area (Å²) in [5.74, 6) is 1.19. The van der Waals surface area contributed by atoms with Gasteiger partial charge in [-0.2, -0.15) is 0 Å². The fraction of sp³-hybridized carbons (Fsp3) is 0.316. The molecule has 0 fully saturated rings. The summed E-state index contributed by atoms with van der Waals surface area (Å²) in [6.07, 6.45) is 2.09. The monoisotopic (exact) mass is 362 g/mol. The van der Waals surface area contributed by atoms with Crippen LogP contribution in [0, 0.1) is 0 Å². The fourth-order valence-electron chi connectivity index (χ4n) is 2.16. The number of amides is 1. The molecule has 2 aromatic rings. The molecule has 1 amide bonds. The van der Waals surface area contributed by atoms with Crippen LogP contribution in [0.2, 0.25) is 5.02 Å². The fourth-order valence-corrected chi connectivity index (χ4v) is 2.42. The Morgan fingerprint density at radius 3 is 2.72 bits per heavy atom. The second kappa shape index (κ2) is 9.79. The molecular weight excluding hydrogens is 340 g/mol. The molecule has 2 rings (SSSR count). The largest absolute Gasteiger partial charge is 0.495 e. The molecule has 6 heteroatoms.